The number of hydrogen-bond acceptors (Lipinski definition) is 4. The molecule has 0 aliphatic carbocycles. The first-order valence-electron chi connectivity index (χ1n) is 5.98. The van der Waals surface area contributed by atoms with Crippen LogP contribution in [-0.2, 0) is 11.3 Å². The molecule has 0 aliphatic rings. The molecular formula is C14H11FN2O4. The Morgan fingerprint density at radius 3 is 2.62 bits per heavy atom. The zero-order valence-corrected chi connectivity index (χ0v) is 10.8. The van der Waals surface area contributed by atoms with Gasteiger partial charge in [0.1, 0.15) is 12.4 Å². The summed E-state index contributed by atoms with van der Waals surface area (Å²) in [6, 6.07) is 11.8. The van der Waals surface area contributed by atoms with Gasteiger partial charge in [0.25, 0.3) is 5.69 Å². The van der Waals surface area contributed by atoms with E-state index >= 15 is 0 Å². The minimum Gasteiger partial charge on any atom is -0.444 e. The zero-order chi connectivity index (χ0) is 15.2. The molecule has 0 heterocycles. The van der Waals surface area contributed by atoms with Crippen LogP contribution in [0.15, 0.2) is 48.5 Å². The van der Waals surface area contributed by atoms with Gasteiger partial charge in [0.05, 0.1) is 10.6 Å². The third kappa shape index (κ3) is 4.00. The van der Waals surface area contributed by atoms with Gasteiger partial charge in [-0.2, -0.15) is 0 Å². The molecule has 0 aliphatic heterocycles. The molecule has 0 saturated heterocycles. The summed E-state index contributed by atoms with van der Waals surface area (Å²) in [5.41, 5.74) is 0.143. The van der Waals surface area contributed by atoms with Crippen molar-refractivity contribution in [3.8, 4) is 0 Å². The normalized spacial score (nSPS) is 9.95. The van der Waals surface area contributed by atoms with Crippen molar-refractivity contribution in [3.63, 3.8) is 0 Å². The number of rotatable bonds is 4. The monoisotopic (exact) mass is 290 g/mol. The van der Waals surface area contributed by atoms with Crippen LogP contribution in [0, 0.1) is 15.9 Å². The van der Waals surface area contributed by atoms with Crippen LogP contribution in [-0.4, -0.2) is 11.0 Å². The Hall–Kier alpha value is -2.96. The molecule has 1 N–H and O–H groups in total. The Labute approximate surface area is 119 Å². The molecule has 2 aromatic carbocycles. The molecule has 0 aromatic heterocycles. The van der Waals surface area contributed by atoms with Gasteiger partial charge >= 0.3 is 6.09 Å². The molecule has 0 spiro atoms. The number of nitrogens with one attached hydrogen (secondary N) is 1. The van der Waals surface area contributed by atoms with E-state index < -0.39 is 16.8 Å². The molecule has 0 atom stereocenters. The van der Waals surface area contributed by atoms with Gasteiger partial charge in [-0.05, 0) is 11.6 Å². The fourth-order valence-electron chi connectivity index (χ4n) is 1.59. The summed E-state index contributed by atoms with van der Waals surface area (Å²) in [5.74, 6) is -0.780. The molecule has 0 bridgehead atoms. The maximum Gasteiger partial charge on any atom is 0.412 e. The molecule has 108 valence electrons. The van der Waals surface area contributed by atoms with Crippen molar-refractivity contribution in [2.24, 2.45) is 0 Å². The van der Waals surface area contributed by atoms with E-state index in [0.29, 0.717) is 0 Å². The van der Waals surface area contributed by atoms with Gasteiger partial charge in [-0.3, -0.25) is 15.4 Å². The lowest BCUT2D eigenvalue weighted by Gasteiger charge is -2.07. The number of non-ortho nitro benzene ring substituents is 1. The van der Waals surface area contributed by atoms with Crippen molar-refractivity contribution in [2.45, 2.75) is 6.61 Å². The van der Waals surface area contributed by atoms with Crippen molar-refractivity contribution in [1.82, 2.24) is 0 Å². The second-order valence-corrected chi connectivity index (χ2v) is 4.11. The SMILES string of the molecule is O=C(Nc1cc([N+](=O)[O-])ccc1F)OCc1ccccc1. The number of anilines is 1. The number of carbonyl (C=O) groups excluding carboxylic acids is 1. The quantitative estimate of drug-likeness (QED) is 0.690. The van der Waals surface area contributed by atoms with E-state index in [1.165, 1.54) is 0 Å². The molecule has 0 unspecified atom stereocenters. The molecule has 2 aromatic rings. The van der Waals surface area contributed by atoms with E-state index in [-0.39, 0.29) is 18.0 Å². The first kappa shape index (κ1) is 14.4. The van der Waals surface area contributed by atoms with Gasteiger partial charge in [-0.15, -0.1) is 0 Å². The summed E-state index contributed by atoms with van der Waals surface area (Å²) < 4.78 is 18.4. The molecule has 0 radical (unpaired) electrons. The largest absolute Gasteiger partial charge is 0.444 e. The third-order valence-corrected chi connectivity index (χ3v) is 2.61. The molecule has 1 amide bonds. The van der Waals surface area contributed by atoms with Gasteiger partial charge in [0, 0.05) is 12.1 Å². The minimum atomic E-state index is -0.891. The highest BCUT2D eigenvalue weighted by atomic mass is 19.1. The predicted octanol–water partition coefficient (Wildman–Crippen LogP) is 3.48. The average molecular weight is 290 g/mol. The fraction of sp³-hybridized carbons (Fsp3) is 0.0714. The van der Waals surface area contributed by atoms with Gasteiger partial charge in [0.2, 0.25) is 0 Å². The van der Waals surface area contributed by atoms with Crippen LogP contribution in [0.4, 0.5) is 20.6 Å². The second-order valence-electron chi connectivity index (χ2n) is 4.11. The summed E-state index contributed by atoms with van der Waals surface area (Å²) in [5, 5.41) is 12.7. The Morgan fingerprint density at radius 2 is 1.95 bits per heavy atom. The summed E-state index contributed by atoms with van der Waals surface area (Å²) in [7, 11) is 0. The Bertz CT molecular complexity index is 661. The lowest BCUT2D eigenvalue weighted by atomic mass is 10.2. The summed E-state index contributed by atoms with van der Waals surface area (Å²) in [6.45, 7) is 0.0171. The standard InChI is InChI=1S/C14H11FN2O4/c15-12-7-6-11(17(19)20)8-13(12)16-14(18)21-9-10-4-2-1-3-5-10/h1-8H,9H2,(H,16,18). The Kier molecular flexibility index (Phi) is 4.45. The lowest BCUT2D eigenvalue weighted by Crippen LogP contribution is -2.14. The van der Waals surface area contributed by atoms with E-state index in [0.717, 1.165) is 23.8 Å². The van der Waals surface area contributed by atoms with E-state index in [4.69, 9.17) is 4.74 Å². The van der Waals surface area contributed by atoms with Crippen LogP contribution in [0.5, 0.6) is 0 Å². The second kappa shape index (κ2) is 6.47. The molecule has 21 heavy (non-hydrogen) atoms. The van der Waals surface area contributed by atoms with Crippen molar-refractivity contribution >= 4 is 17.5 Å². The molecule has 2 rings (SSSR count). The van der Waals surface area contributed by atoms with Gasteiger partial charge in [-0.1, -0.05) is 30.3 Å². The lowest BCUT2D eigenvalue weighted by molar-refractivity contribution is -0.384. The highest BCUT2D eigenvalue weighted by Gasteiger charge is 2.13. The van der Waals surface area contributed by atoms with Gasteiger partial charge in [-0.25, -0.2) is 9.18 Å². The van der Waals surface area contributed by atoms with E-state index in [1.54, 1.807) is 24.3 Å². The van der Waals surface area contributed by atoms with Crippen LogP contribution in [0.2, 0.25) is 0 Å². The van der Waals surface area contributed by atoms with Crippen molar-refractivity contribution in [1.29, 1.82) is 0 Å². The number of benzene rings is 2. The number of halogens is 1. The number of carbonyl (C=O) groups is 1. The third-order valence-electron chi connectivity index (χ3n) is 2.61. The van der Waals surface area contributed by atoms with E-state index in [1.807, 2.05) is 6.07 Å². The summed E-state index contributed by atoms with van der Waals surface area (Å²) in [6.07, 6.45) is -0.891. The number of amides is 1. The van der Waals surface area contributed by atoms with Gasteiger partial charge in [0.15, 0.2) is 0 Å². The molecule has 7 heteroatoms. The number of hydrogen-bond donors (Lipinski definition) is 1. The highest BCUT2D eigenvalue weighted by molar-refractivity contribution is 5.85. The zero-order valence-electron chi connectivity index (χ0n) is 10.8. The summed E-state index contributed by atoms with van der Waals surface area (Å²) in [4.78, 5) is 21.5. The van der Waals surface area contributed by atoms with E-state index in [2.05, 4.69) is 5.32 Å². The average Bonchev–Trinajstić information content (AvgIpc) is 2.48. The first-order chi connectivity index (χ1) is 10.1. The first-order valence-corrected chi connectivity index (χ1v) is 5.98. The van der Waals surface area contributed by atoms with Crippen LogP contribution >= 0.6 is 0 Å². The predicted molar refractivity (Wildman–Crippen MR) is 73.3 cm³/mol. The van der Waals surface area contributed by atoms with Crippen LogP contribution < -0.4 is 5.32 Å². The summed E-state index contributed by atoms with van der Waals surface area (Å²) >= 11 is 0. The van der Waals surface area contributed by atoms with Crippen molar-refractivity contribution in [2.75, 3.05) is 5.32 Å². The van der Waals surface area contributed by atoms with Crippen LogP contribution in [0.1, 0.15) is 5.56 Å². The van der Waals surface area contributed by atoms with Crippen molar-refractivity contribution in [3.05, 3.63) is 70.0 Å². The van der Waals surface area contributed by atoms with Crippen LogP contribution in [0.3, 0.4) is 0 Å². The molecule has 6 nitrogen and oxygen atoms in total. The number of nitro groups is 1. The minimum absolute atomic E-state index is 0.0171. The molecule has 0 saturated carbocycles. The smallest absolute Gasteiger partial charge is 0.412 e. The van der Waals surface area contributed by atoms with E-state index in [9.17, 15) is 19.3 Å². The molecular weight excluding hydrogens is 279 g/mol. The maximum absolute atomic E-state index is 13.5. The Balaban J connectivity index is 1.99. The highest BCUT2D eigenvalue weighted by Crippen LogP contribution is 2.21. The fourth-order valence-corrected chi connectivity index (χ4v) is 1.59. The number of nitrogens with zero attached hydrogens (tertiary/aromatic N) is 1. The van der Waals surface area contributed by atoms with Gasteiger partial charge < -0.3 is 4.74 Å². The van der Waals surface area contributed by atoms with Crippen LogP contribution in [0.25, 0.3) is 0 Å². The molecule has 0 fully saturated rings. The number of nitro benzene ring substituents is 1. The maximum atomic E-state index is 13.5. The van der Waals surface area contributed by atoms with Crippen molar-refractivity contribution < 1.29 is 18.8 Å². The number of ether oxygens (including phenoxy) is 1. The topological polar surface area (TPSA) is 81.5 Å². The Morgan fingerprint density at radius 1 is 1.24 bits per heavy atom.